The van der Waals surface area contributed by atoms with Crippen LogP contribution < -0.4 is 0 Å². The highest BCUT2D eigenvalue weighted by Gasteiger charge is 2.40. The normalized spacial score (nSPS) is 24.4. The van der Waals surface area contributed by atoms with Crippen molar-refractivity contribution in [3.8, 4) is 0 Å². The molecule has 2 heteroatoms. The van der Waals surface area contributed by atoms with Crippen molar-refractivity contribution >= 4 is 14.4 Å². The molecule has 1 nitrogen and oxygen atoms in total. The number of fused-ring (bicyclic) bond motifs is 2. The molecule has 0 radical (unpaired) electrons. The Morgan fingerprint density at radius 3 is 2.52 bits per heavy atom. The van der Waals surface area contributed by atoms with Crippen molar-refractivity contribution in [2.45, 2.75) is 64.3 Å². The van der Waals surface area contributed by atoms with Gasteiger partial charge in [-0.05, 0) is 48.5 Å². The summed E-state index contributed by atoms with van der Waals surface area (Å²) in [5.74, 6) is 0.649. The van der Waals surface area contributed by atoms with Crippen LogP contribution in [0.15, 0.2) is 29.8 Å². The topological polar surface area (TPSA) is 9.23 Å². The van der Waals surface area contributed by atoms with Crippen LogP contribution in [0, 0.1) is 5.92 Å². The minimum absolute atomic E-state index is 0.329. The number of hydrogen-bond donors (Lipinski definition) is 0. The zero-order valence-corrected chi connectivity index (χ0v) is 14.7. The van der Waals surface area contributed by atoms with Gasteiger partial charge in [0.25, 0.3) is 0 Å². The predicted octanol–water partition coefficient (Wildman–Crippen LogP) is 5.95. The van der Waals surface area contributed by atoms with Crippen molar-refractivity contribution in [2.24, 2.45) is 5.92 Å². The summed E-state index contributed by atoms with van der Waals surface area (Å²) in [5, 5.41) is 0. The second kappa shape index (κ2) is 6.10. The van der Waals surface area contributed by atoms with Crippen LogP contribution in [0.3, 0.4) is 0 Å². The minimum atomic E-state index is -1.56. The van der Waals surface area contributed by atoms with Gasteiger partial charge in [0, 0.05) is 5.92 Å². The molecule has 1 aromatic rings. The Morgan fingerprint density at radius 2 is 1.81 bits per heavy atom. The predicted molar refractivity (Wildman–Crippen MR) is 92.8 cm³/mol. The van der Waals surface area contributed by atoms with Crippen LogP contribution in [0.4, 0.5) is 0 Å². The monoisotopic (exact) mass is 300 g/mol. The summed E-state index contributed by atoms with van der Waals surface area (Å²) in [6, 6.07) is 12.6. The van der Waals surface area contributed by atoms with Gasteiger partial charge in [-0.15, -0.1) is 0 Å². The van der Waals surface area contributed by atoms with Crippen molar-refractivity contribution in [2.75, 3.05) is 0 Å². The third kappa shape index (κ3) is 2.64. The first-order chi connectivity index (χ1) is 10.2. The van der Waals surface area contributed by atoms with E-state index in [-0.39, 0.29) is 0 Å². The fourth-order valence-corrected chi connectivity index (χ4v) is 6.98. The Morgan fingerprint density at radius 1 is 1.10 bits per heavy atom. The molecule has 1 aromatic carbocycles. The molecule has 0 N–H and O–H groups in total. The third-order valence-electron chi connectivity index (χ3n) is 5.78. The fourth-order valence-electron chi connectivity index (χ4n) is 4.15. The van der Waals surface area contributed by atoms with Crippen LogP contribution in [0.25, 0.3) is 6.08 Å². The zero-order valence-electron chi connectivity index (χ0n) is 13.7. The Hall–Kier alpha value is -0.863. The number of rotatable bonds is 5. The summed E-state index contributed by atoms with van der Waals surface area (Å²) in [6.07, 6.45) is 6.70. The first-order valence-corrected chi connectivity index (χ1v) is 11.2. The molecule has 2 aliphatic carbocycles. The summed E-state index contributed by atoms with van der Waals surface area (Å²) in [4.78, 5) is 0. The molecule has 21 heavy (non-hydrogen) atoms. The van der Waals surface area contributed by atoms with Gasteiger partial charge in [-0.1, -0.05) is 56.7 Å². The lowest BCUT2D eigenvalue weighted by molar-refractivity contribution is 0.140. The van der Waals surface area contributed by atoms with Crippen LogP contribution in [-0.4, -0.2) is 8.32 Å². The van der Waals surface area contributed by atoms with Crippen LogP contribution in [0.1, 0.15) is 57.3 Å². The molecule has 1 saturated carbocycles. The third-order valence-corrected chi connectivity index (χ3v) is 10.4. The quantitative estimate of drug-likeness (QED) is 0.611. The van der Waals surface area contributed by atoms with Crippen molar-refractivity contribution in [1.29, 1.82) is 0 Å². The van der Waals surface area contributed by atoms with E-state index in [1.54, 1.807) is 5.57 Å². The van der Waals surface area contributed by atoms with Gasteiger partial charge >= 0.3 is 0 Å². The van der Waals surface area contributed by atoms with E-state index >= 15 is 0 Å². The highest BCUT2D eigenvalue weighted by molar-refractivity contribution is 6.73. The van der Waals surface area contributed by atoms with Gasteiger partial charge in [0.15, 0.2) is 8.32 Å². The summed E-state index contributed by atoms with van der Waals surface area (Å²) >= 11 is 0. The molecule has 0 bridgehead atoms. The first-order valence-electron chi connectivity index (χ1n) is 8.70. The van der Waals surface area contributed by atoms with Crippen molar-refractivity contribution in [1.82, 2.24) is 0 Å². The van der Waals surface area contributed by atoms with Crippen molar-refractivity contribution < 1.29 is 4.43 Å². The standard InChI is InChI=1S/C19H28OSi/c1-4-21(5-2,6-3)20-19-17-12-8-7-10-15(17)14-16-11-9-13-18(16)19/h7-8,10,12,14,18-19H,4-6,9,11,13H2,1-3H3. The molecule has 0 spiro atoms. The molecule has 0 amide bonds. The Bertz CT molecular complexity index is 522. The van der Waals surface area contributed by atoms with Gasteiger partial charge in [0.1, 0.15) is 0 Å². The van der Waals surface area contributed by atoms with Crippen LogP contribution >= 0.6 is 0 Å². The number of benzene rings is 1. The van der Waals surface area contributed by atoms with Crippen LogP contribution in [-0.2, 0) is 4.43 Å². The molecule has 0 heterocycles. The first kappa shape index (κ1) is 15.0. The zero-order chi connectivity index (χ0) is 14.9. The minimum Gasteiger partial charge on any atom is -0.409 e. The van der Waals surface area contributed by atoms with E-state index in [2.05, 4.69) is 51.1 Å². The van der Waals surface area contributed by atoms with E-state index in [0.29, 0.717) is 12.0 Å². The second-order valence-corrected chi connectivity index (χ2v) is 11.4. The maximum atomic E-state index is 6.97. The van der Waals surface area contributed by atoms with Crippen LogP contribution in [0.5, 0.6) is 0 Å². The van der Waals surface area contributed by atoms with Gasteiger partial charge in [0.2, 0.25) is 0 Å². The summed E-state index contributed by atoms with van der Waals surface area (Å²) in [6.45, 7) is 7.00. The smallest absolute Gasteiger partial charge is 0.192 e. The summed E-state index contributed by atoms with van der Waals surface area (Å²) < 4.78 is 6.97. The molecule has 3 rings (SSSR count). The van der Waals surface area contributed by atoms with E-state index in [1.165, 1.54) is 48.5 Å². The van der Waals surface area contributed by atoms with E-state index in [4.69, 9.17) is 4.43 Å². The van der Waals surface area contributed by atoms with Gasteiger partial charge in [-0.25, -0.2) is 0 Å². The number of hydrogen-bond acceptors (Lipinski definition) is 1. The average Bonchev–Trinajstić information content (AvgIpc) is 3.00. The molecule has 114 valence electrons. The van der Waals surface area contributed by atoms with E-state index in [9.17, 15) is 0 Å². The van der Waals surface area contributed by atoms with E-state index in [1.807, 2.05) is 0 Å². The molecule has 2 atom stereocenters. The van der Waals surface area contributed by atoms with Crippen LogP contribution in [0.2, 0.25) is 18.1 Å². The highest BCUT2D eigenvalue weighted by atomic mass is 28.4. The molecule has 2 aliphatic rings. The second-order valence-electron chi connectivity index (χ2n) is 6.63. The lowest BCUT2D eigenvalue weighted by Crippen LogP contribution is -2.39. The average molecular weight is 301 g/mol. The molecule has 0 aromatic heterocycles. The summed E-state index contributed by atoms with van der Waals surface area (Å²) in [7, 11) is -1.56. The van der Waals surface area contributed by atoms with Gasteiger partial charge in [0.05, 0.1) is 6.10 Å². The lowest BCUT2D eigenvalue weighted by atomic mass is 9.83. The summed E-state index contributed by atoms with van der Waals surface area (Å²) in [5.41, 5.74) is 4.49. The SMILES string of the molecule is CC[Si](CC)(CC)OC1c2ccccc2C=C2CCCC21. The van der Waals surface area contributed by atoms with Gasteiger partial charge in [-0.2, -0.15) is 0 Å². The Kier molecular flexibility index (Phi) is 4.37. The Balaban J connectivity index is 1.98. The van der Waals surface area contributed by atoms with Crippen molar-refractivity contribution in [3.63, 3.8) is 0 Å². The largest absolute Gasteiger partial charge is 0.409 e. The van der Waals surface area contributed by atoms with E-state index in [0.717, 1.165) is 0 Å². The Labute approximate surface area is 130 Å². The molecular formula is C19H28OSi. The fraction of sp³-hybridized carbons (Fsp3) is 0.579. The molecule has 0 aliphatic heterocycles. The maximum absolute atomic E-state index is 6.97. The van der Waals surface area contributed by atoms with Gasteiger partial charge < -0.3 is 4.43 Å². The lowest BCUT2D eigenvalue weighted by Gasteiger charge is -2.39. The highest BCUT2D eigenvalue weighted by Crippen LogP contribution is 2.49. The molecule has 0 saturated heterocycles. The molecular weight excluding hydrogens is 272 g/mol. The maximum Gasteiger partial charge on any atom is 0.192 e. The van der Waals surface area contributed by atoms with Gasteiger partial charge in [-0.3, -0.25) is 0 Å². The van der Waals surface area contributed by atoms with Crippen molar-refractivity contribution in [3.05, 3.63) is 41.0 Å². The molecule has 2 unspecified atom stereocenters. The van der Waals surface area contributed by atoms with E-state index < -0.39 is 8.32 Å². The molecule has 1 fully saturated rings.